The van der Waals surface area contributed by atoms with Crippen LogP contribution in [0.5, 0.6) is 0 Å². The first kappa shape index (κ1) is 28.3. The number of carbonyl (C=O) groups excluding carboxylic acids is 1. The fraction of sp³-hybridized carbons (Fsp3) is 0.167. The summed E-state index contributed by atoms with van der Waals surface area (Å²) in [5, 5.41) is 14.5. The number of benzene rings is 3. The summed E-state index contributed by atoms with van der Waals surface area (Å²) in [5.74, 6) is -0.775. The molecule has 0 aliphatic heterocycles. The first-order valence-electron chi connectivity index (χ1n) is 11.7. The molecule has 1 aromatic heterocycles. The number of amides is 1. The number of nitrogens with zero attached hydrogens (tertiary/aromatic N) is 1. The van der Waals surface area contributed by atoms with Gasteiger partial charge in [0.05, 0.1) is 0 Å². The molecule has 0 aliphatic carbocycles. The predicted octanol–water partition coefficient (Wildman–Crippen LogP) is 3.43. The summed E-state index contributed by atoms with van der Waals surface area (Å²) in [6, 6.07) is 20.7. The summed E-state index contributed by atoms with van der Waals surface area (Å²) < 4.78 is 0. The molecule has 4 rings (SSSR count). The number of nitrogens with one attached hydrogen (secondary N) is 1. The Morgan fingerprint density at radius 2 is 1.78 bits per heavy atom. The van der Waals surface area contributed by atoms with Gasteiger partial charge in [-0.05, 0) is 65.1 Å². The predicted molar refractivity (Wildman–Crippen MR) is 150 cm³/mol. The SMILES string of the molecule is CSCCC(NC(=O)c1ccc(/C=C/c2cncc3ccccc23)cc1-c1ccccc1C)C(=O)O.[H-].[Li+]. The zero-order valence-electron chi connectivity index (χ0n) is 22.3. The van der Waals surface area contributed by atoms with Crippen molar-refractivity contribution in [2.24, 2.45) is 0 Å². The number of rotatable bonds is 9. The topological polar surface area (TPSA) is 79.3 Å². The van der Waals surface area contributed by atoms with Gasteiger partial charge in [-0.3, -0.25) is 9.78 Å². The molecule has 0 aliphatic rings. The molecular formula is C30H29LiN2O3S. The van der Waals surface area contributed by atoms with Crippen LogP contribution in [0.25, 0.3) is 34.1 Å². The molecule has 4 aromatic rings. The van der Waals surface area contributed by atoms with Crippen LogP contribution >= 0.6 is 11.8 Å². The average molecular weight is 505 g/mol. The van der Waals surface area contributed by atoms with Gasteiger partial charge in [-0.25, -0.2) is 4.79 Å². The Morgan fingerprint density at radius 1 is 1.03 bits per heavy atom. The number of aromatic nitrogens is 1. The van der Waals surface area contributed by atoms with Gasteiger partial charge >= 0.3 is 24.8 Å². The quantitative estimate of drug-likeness (QED) is 0.342. The summed E-state index contributed by atoms with van der Waals surface area (Å²) in [5.41, 5.74) is 5.10. The maximum atomic E-state index is 13.3. The minimum Gasteiger partial charge on any atom is -1.00 e. The molecule has 1 amide bonds. The van der Waals surface area contributed by atoms with E-state index in [1.807, 2.05) is 92.3 Å². The van der Waals surface area contributed by atoms with Crippen LogP contribution < -0.4 is 24.2 Å². The van der Waals surface area contributed by atoms with Crippen molar-refractivity contribution in [3.8, 4) is 11.1 Å². The van der Waals surface area contributed by atoms with Crippen LogP contribution in [0.1, 0.15) is 34.9 Å². The molecule has 0 saturated carbocycles. The number of aliphatic carboxylic acids is 1. The van der Waals surface area contributed by atoms with Crippen LogP contribution in [0.4, 0.5) is 0 Å². The summed E-state index contributed by atoms with van der Waals surface area (Å²) >= 11 is 1.55. The average Bonchev–Trinajstić information content (AvgIpc) is 2.89. The molecule has 184 valence electrons. The summed E-state index contributed by atoms with van der Waals surface area (Å²) in [6.45, 7) is 2.00. The second-order valence-electron chi connectivity index (χ2n) is 8.55. The van der Waals surface area contributed by atoms with E-state index in [9.17, 15) is 14.7 Å². The standard InChI is InChI=1S/C30H28N2O3S.Li.H/c1-20-7-3-5-9-24(20)27-17-21(11-13-23-19-31-18-22-8-4-6-10-25(22)23)12-14-26(27)29(33)32-28(30(34)35)15-16-36-2;;/h3-14,17-19,28H,15-16H2,1-2H3,(H,32,33)(H,34,35);;/q;+1;-1/b13-11+;;. The van der Waals surface area contributed by atoms with E-state index in [0.717, 1.165) is 38.6 Å². The Bertz CT molecular complexity index is 1440. The van der Waals surface area contributed by atoms with Crippen LogP contribution in [-0.4, -0.2) is 40.0 Å². The molecule has 2 N–H and O–H groups in total. The largest absolute Gasteiger partial charge is 1.00 e. The number of carbonyl (C=O) groups is 2. The Kier molecular flexibility index (Phi) is 10.2. The van der Waals surface area contributed by atoms with Gasteiger partial charge in [-0.2, -0.15) is 11.8 Å². The van der Waals surface area contributed by atoms with Crippen LogP contribution in [0, 0.1) is 6.92 Å². The summed E-state index contributed by atoms with van der Waals surface area (Å²) in [4.78, 5) is 29.3. The molecule has 1 unspecified atom stereocenters. The number of aryl methyl sites for hydroxylation is 1. The van der Waals surface area contributed by atoms with Crippen molar-refractivity contribution in [1.82, 2.24) is 10.3 Å². The molecule has 7 heteroatoms. The van der Waals surface area contributed by atoms with Gasteiger partial charge in [0.25, 0.3) is 5.91 Å². The Balaban J connectivity index is 0.00000253. The van der Waals surface area contributed by atoms with Gasteiger partial charge in [0.2, 0.25) is 0 Å². The van der Waals surface area contributed by atoms with E-state index in [-0.39, 0.29) is 20.3 Å². The van der Waals surface area contributed by atoms with Gasteiger partial charge in [0, 0.05) is 28.9 Å². The number of pyridine rings is 1. The van der Waals surface area contributed by atoms with E-state index in [4.69, 9.17) is 0 Å². The zero-order valence-corrected chi connectivity index (χ0v) is 22.1. The third-order valence-corrected chi connectivity index (χ3v) is 6.74. The molecule has 0 saturated heterocycles. The van der Waals surface area contributed by atoms with Crippen LogP contribution in [0.2, 0.25) is 0 Å². The first-order chi connectivity index (χ1) is 17.5. The maximum Gasteiger partial charge on any atom is 1.00 e. The molecule has 0 bridgehead atoms. The maximum absolute atomic E-state index is 13.3. The van der Waals surface area contributed by atoms with Crippen molar-refractivity contribution >= 4 is 46.6 Å². The minimum absolute atomic E-state index is 0. The Hall–Kier alpha value is -3.30. The number of carboxylic acid groups (broad SMARTS) is 1. The fourth-order valence-corrected chi connectivity index (χ4v) is 4.62. The Labute approximate surface area is 235 Å². The monoisotopic (exact) mass is 504 g/mol. The molecule has 0 radical (unpaired) electrons. The van der Waals surface area contributed by atoms with Crippen molar-refractivity contribution in [2.45, 2.75) is 19.4 Å². The van der Waals surface area contributed by atoms with E-state index < -0.39 is 17.9 Å². The van der Waals surface area contributed by atoms with E-state index in [1.54, 1.807) is 17.8 Å². The van der Waals surface area contributed by atoms with E-state index in [2.05, 4.69) is 16.4 Å². The molecule has 3 aromatic carbocycles. The third-order valence-electron chi connectivity index (χ3n) is 6.09. The van der Waals surface area contributed by atoms with Crippen LogP contribution in [-0.2, 0) is 4.79 Å². The van der Waals surface area contributed by atoms with Gasteiger partial charge in [0.15, 0.2) is 0 Å². The van der Waals surface area contributed by atoms with Crippen molar-refractivity contribution in [3.63, 3.8) is 0 Å². The number of hydrogen-bond donors (Lipinski definition) is 2. The molecule has 37 heavy (non-hydrogen) atoms. The van der Waals surface area contributed by atoms with Crippen molar-refractivity contribution < 1.29 is 35.0 Å². The van der Waals surface area contributed by atoms with E-state index in [1.165, 1.54) is 0 Å². The fourth-order valence-electron chi connectivity index (χ4n) is 4.15. The summed E-state index contributed by atoms with van der Waals surface area (Å²) in [7, 11) is 0. The number of hydrogen-bond acceptors (Lipinski definition) is 4. The van der Waals surface area contributed by atoms with Crippen LogP contribution in [0.3, 0.4) is 0 Å². The summed E-state index contributed by atoms with van der Waals surface area (Å²) in [6.07, 6.45) is 9.99. The van der Waals surface area contributed by atoms with Gasteiger partial charge < -0.3 is 11.8 Å². The molecular weight excluding hydrogens is 475 g/mol. The second kappa shape index (κ2) is 13.3. The van der Waals surface area contributed by atoms with Crippen molar-refractivity contribution in [2.75, 3.05) is 12.0 Å². The smallest absolute Gasteiger partial charge is 1.00 e. The third kappa shape index (κ3) is 6.93. The number of fused-ring (bicyclic) bond motifs is 1. The van der Waals surface area contributed by atoms with E-state index in [0.29, 0.717) is 17.7 Å². The Morgan fingerprint density at radius 3 is 2.54 bits per heavy atom. The first-order valence-corrected chi connectivity index (χ1v) is 13.1. The van der Waals surface area contributed by atoms with Gasteiger partial charge in [-0.1, -0.05) is 66.7 Å². The number of carboxylic acids is 1. The van der Waals surface area contributed by atoms with Crippen molar-refractivity contribution in [3.05, 3.63) is 101 Å². The molecule has 0 fully saturated rings. The zero-order chi connectivity index (χ0) is 25.5. The molecule has 1 atom stereocenters. The minimum atomic E-state index is -1.03. The van der Waals surface area contributed by atoms with Crippen LogP contribution in [0.15, 0.2) is 79.1 Å². The van der Waals surface area contributed by atoms with Crippen molar-refractivity contribution in [1.29, 1.82) is 0 Å². The molecule has 5 nitrogen and oxygen atoms in total. The van der Waals surface area contributed by atoms with Gasteiger partial charge in [-0.15, -0.1) is 0 Å². The molecule has 1 heterocycles. The van der Waals surface area contributed by atoms with E-state index >= 15 is 0 Å². The second-order valence-corrected chi connectivity index (χ2v) is 9.53. The van der Waals surface area contributed by atoms with Gasteiger partial charge in [0.1, 0.15) is 6.04 Å². The number of thioether (sulfide) groups is 1. The normalized spacial score (nSPS) is 11.7. The molecule has 0 spiro atoms.